The Morgan fingerprint density at radius 1 is 1.14 bits per heavy atom. The third kappa shape index (κ3) is 2.99. The molecule has 0 fully saturated rings. The topological polar surface area (TPSA) is 45.2 Å². The second-order valence-corrected chi connectivity index (χ2v) is 5.39. The standard InChI is InChI=1S/C18H23N3O/c1-5-14-10-15(11-20-22)17(7-3)18(16(14)6-2)12-21-9-8-19-13(21)4/h8-10H,5-7,12H2,1-4H3. The Morgan fingerprint density at radius 3 is 2.36 bits per heavy atom. The quantitative estimate of drug-likeness (QED) is 0.780. The summed E-state index contributed by atoms with van der Waals surface area (Å²) in [7, 11) is 0. The summed E-state index contributed by atoms with van der Waals surface area (Å²) in [5, 5.41) is 13.6. The zero-order valence-electron chi connectivity index (χ0n) is 13.8. The van der Waals surface area contributed by atoms with Crippen molar-refractivity contribution < 1.29 is 0 Å². The summed E-state index contributed by atoms with van der Waals surface area (Å²) < 4.78 is 2.14. The molecule has 0 spiro atoms. The molecule has 0 atom stereocenters. The van der Waals surface area contributed by atoms with E-state index in [0.717, 1.165) is 37.2 Å². The molecule has 2 aromatic rings. The number of aryl methyl sites for hydroxylation is 2. The van der Waals surface area contributed by atoms with Crippen LogP contribution in [0.2, 0.25) is 0 Å². The Kier molecular flexibility index (Phi) is 5.21. The van der Waals surface area contributed by atoms with E-state index in [4.69, 9.17) is 0 Å². The second-order valence-electron chi connectivity index (χ2n) is 5.39. The molecule has 0 unspecified atom stereocenters. The fraction of sp³-hybridized carbons (Fsp3) is 0.444. The Bertz CT molecular complexity index is 720. The first-order valence-corrected chi connectivity index (χ1v) is 7.88. The Balaban J connectivity index is 2.67. The average molecular weight is 297 g/mol. The Labute approximate surface area is 132 Å². The Morgan fingerprint density at radius 2 is 1.86 bits per heavy atom. The van der Waals surface area contributed by atoms with Gasteiger partial charge in [-0.3, -0.25) is 0 Å². The van der Waals surface area contributed by atoms with Crippen molar-refractivity contribution in [2.24, 2.45) is 0 Å². The normalized spacial score (nSPS) is 10.4. The van der Waals surface area contributed by atoms with E-state index in [1.54, 1.807) is 0 Å². The van der Waals surface area contributed by atoms with Gasteiger partial charge in [0.05, 0.1) is 0 Å². The fourth-order valence-electron chi connectivity index (χ4n) is 3.13. The van der Waals surface area contributed by atoms with E-state index in [2.05, 4.69) is 47.5 Å². The number of hydrogen-bond donors (Lipinski definition) is 0. The van der Waals surface area contributed by atoms with E-state index < -0.39 is 0 Å². The monoisotopic (exact) mass is 297 g/mol. The maximum Gasteiger partial charge on any atom is 0.336 e. The highest BCUT2D eigenvalue weighted by Crippen LogP contribution is 2.26. The van der Waals surface area contributed by atoms with Gasteiger partial charge in [-0.15, -0.1) is 0 Å². The molecule has 0 aliphatic carbocycles. The lowest BCUT2D eigenvalue weighted by atomic mass is 9.88. The van der Waals surface area contributed by atoms with Crippen LogP contribution >= 0.6 is 0 Å². The number of nitrogens with zero attached hydrogens (tertiary/aromatic N) is 3. The van der Waals surface area contributed by atoms with Crippen LogP contribution < -0.4 is 0 Å². The lowest BCUT2D eigenvalue weighted by molar-refractivity contribution is 0.741. The molecule has 0 amide bonds. The van der Waals surface area contributed by atoms with Crippen molar-refractivity contribution in [3.63, 3.8) is 0 Å². The Hall–Kier alpha value is -2.28. The van der Waals surface area contributed by atoms with Crippen LogP contribution in [-0.4, -0.2) is 9.55 Å². The van der Waals surface area contributed by atoms with Gasteiger partial charge in [-0.1, -0.05) is 20.8 Å². The minimum absolute atomic E-state index is 0.777. The molecule has 2 rings (SSSR count). The molecule has 1 aromatic carbocycles. The molecule has 0 radical (unpaired) electrons. The van der Waals surface area contributed by atoms with Gasteiger partial charge in [0.1, 0.15) is 11.4 Å². The summed E-state index contributed by atoms with van der Waals surface area (Å²) in [6, 6.07) is 4.71. The molecule has 1 heterocycles. The third-order valence-electron chi connectivity index (χ3n) is 4.27. The van der Waals surface area contributed by atoms with E-state index in [1.807, 2.05) is 19.3 Å². The van der Waals surface area contributed by atoms with Gasteiger partial charge in [0.25, 0.3) is 0 Å². The molecule has 4 nitrogen and oxygen atoms in total. The highest BCUT2D eigenvalue weighted by Gasteiger charge is 2.17. The van der Waals surface area contributed by atoms with Crippen LogP contribution in [0, 0.1) is 18.2 Å². The first-order chi connectivity index (χ1) is 10.7. The van der Waals surface area contributed by atoms with E-state index in [1.165, 1.54) is 22.3 Å². The molecule has 0 N–H and O–H groups in total. The van der Waals surface area contributed by atoms with E-state index in [0.29, 0.717) is 0 Å². The number of aromatic nitrogens is 2. The SMILES string of the molecule is CCc1cc(C#[N+][O-])c(CC)c(Cn2ccnc2C)c1CC. The molecule has 0 bridgehead atoms. The van der Waals surface area contributed by atoms with Crippen molar-refractivity contribution in [3.05, 3.63) is 62.3 Å². The van der Waals surface area contributed by atoms with Crippen LogP contribution in [0.15, 0.2) is 18.5 Å². The molecule has 1 aromatic heterocycles. The smallest absolute Gasteiger partial charge is 0.336 e. The summed E-state index contributed by atoms with van der Waals surface area (Å²) in [4.78, 5) is 4.30. The summed E-state index contributed by atoms with van der Waals surface area (Å²) >= 11 is 0. The minimum atomic E-state index is 0.777. The molecular formula is C18H23N3O. The van der Waals surface area contributed by atoms with Crippen LogP contribution in [0.4, 0.5) is 0 Å². The lowest BCUT2D eigenvalue weighted by Crippen LogP contribution is -2.11. The van der Waals surface area contributed by atoms with Crippen LogP contribution in [0.1, 0.15) is 54.4 Å². The van der Waals surface area contributed by atoms with Gasteiger partial charge in [-0.25, -0.2) is 4.98 Å². The summed E-state index contributed by atoms with van der Waals surface area (Å²) in [5.74, 6) is 0.994. The summed E-state index contributed by atoms with van der Waals surface area (Å²) in [5.41, 5.74) is 5.94. The maximum atomic E-state index is 10.7. The molecular weight excluding hydrogens is 274 g/mol. The fourth-order valence-corrected chi connectivity index (χ4v) is 3.13. The number of rotatable bonds is 5. The zero-order valence-corrected chi connectivity index (χ0v) is 13.8. The van der Waals surface area contributed by atoms with Gasteiger partial charge < -0.3 is 9.77 Å². The summed E-state index contributed by atoms with van der Waals surface area (Å²) in [6.07, 6.45) is 6.60. The van der Waals surface area contributed by atoms with Crippen molar-refractivity contribution >= 4 is 0 Å². The van der Waals surface area contributed by atoms with Gasteiger partial charge in [-0.05, 0) is 54.5 Å². The predicted molar refractivity (Wildman–Crippen MR) is 90.4 cm³/mol. The van der Waals surface area contributed by atoms with E-state index >= 15 is 0 Å². The molecule has 4 heteroatoms. The van der Waals surface area contributed by atoms with Gasteiger partial charge >= 0.3 is 6.07 Å². The zero-order chi connectivity index (χ0) is 16.1. The van der Waals surface area contributed by atoms with Crippen molar-refractivity contribution in [1.29, 1.82) is 0 Å². The van der Waals surface area contributed by atoms with Gasteiger partial charge in [0.2, 0.25) is 0 Å². The van der Waals surface area contributed by atoms with Crippen molar-refractivity contribution in [2.45, 2.75) is 53.5 Å². The highest BCUT2D eigenvalue weighted by molar-refractivity contribution is 5.52. The van der Waals surface area contributed by atoms with Crippen LogP contribution in [0.25, 0.3) is 5.01 Å². The minimum Gasteiger partial charge on any atom is -0.498 e. The van der Waals surface area contributed by atoms with Crippen LogP contribution in [-0.2, 0) is 25.8 Å². The molecule has 0 saturated heterocycles. The number of hydrogen-bond acceptors (Lipinski definition) is 2. The van der Waals surface area contributed by atoms with Crippen LogP contribution in [0.3, 0.4) is 0 Å². The molecule has 0 saturated carbocycles. The lowest BCUT2D eigenvalue weighted by Gasteiger charge is -2.19. The number of benzene rings is 1. The average Bonchev–Trinajstić information content (AvgIpc) is 2.92. The van der Waals surface area contributed by atoms with Crippen molar-refractivity contribution in [2.75, 3.05) is 0 Å². The maximum absolute atomic E-state index is 10.7. The van der Waals surface area contributed by atoms with Gasteiger partial charge in [0.15, 0.2) is 0 Å². The highest BCUT2D eigenvalue weighted by atomic mass is 16.4. The molecule has 116 valence electrons. The van der Waals surface area contributed by atoms with Crippen LogP contribution in [0.5, 0.6) is 0 Å². The largest absolute Gasteiger partial charge is 0.498 e. The van der Waals surface area contributed by atoms with E-state index in [9.17, 15) is 5.21 Å². The first kappa shape index (κ1) is 16.1. The molecule has 0 aliphatic heterocycles. The van der Waals surface area contributed by atoms with Crippen molar-refractivity contribution in [3.8, 4) is 6.07 Å². The van der Waals surface area contributed by atoms with Gasteiger partial charge in [0, 0.05) is 23.9 Å². The predicted octanol–water partition coefficient (Wildman–Crippen LogP) is 4.11. The molecule has 0 aliphatic rings. The number of imidazole rings is 1. The van der Waals surface area contributed by atoms with E-state index in [-0.39, 0.29) is 0 Å². The van der Waals surface area contributed by atoms with Gasteiger partial charge in [-0.2, -0.15) is 0 Å². The summed E-state index contributed by atoms with van der Waals surface area (Å²) in [6.45, 7) is 9.22. The second kappa shape index (κ2) is 7.13. The van der Waals surface area contributed by atoms with Crippen molar-refractivity contribution in [1.82, 2.24) is 9.55 Å². The third-order valence-corrected chi connectivity index (χ3v) is 4.27. The first-order valence-electron chi connectivity index (χ1n) is 7.88. The molecule has 22 heavy (non-hydrogen) atoms.